The number of hydrogen-bond donors (Lipinski definition) is 3. The van der Waals surface area contributed by atoms with Crippen molar-refractivity contribution in [2.24, 2.45) is 0 Å². The lowest BCUT2D eigenvalue weighted by Gasteiger charge is -1.95. The fourth-order valence-electron chi connectivity index (χ4n) is 0.0258. The molecule has 0 spiro atoms. The molecule has 0 bridgehead atoms. The van der Waals surface area contributed by atoms with Crippen molar-refractivity contribution in [3.05, 3.63) is 0 Å². The van der Waals surface area contributed by atoms with Gasteiger partial charge in [-0.25, -0.2) is 5.26 Å². The monoisotopic (exact) mass is 112 g/mol. The van der Waals surface area contributed by atoms with Gasteiger partial charge in [-0.15, -0.1) is 0 Å². The molecule has 0 aromatic heterocycles. The molecule has 0 heterocycles. The molecule has 0 saturated carbocycles. The Labute approximate surface area is 35.8 Å². The summed E-state index contributed by atoms with van der Waals surface area (Å²) in [5.74, 6) is 0. The molecule has 0 aromatic rings. The van der Waals surface area contributed by atoms with Crippen molar-refractivity contribution < 1.29 is 19.9 Å². The van der Waals surface area contributed by atoms with Gasteiger partial charge >= 0.3 is 0 Å². The molecular weight excluding hydrogens is 107 g/mol. The van der Waals surface area contributed by atoms with Crippen LogP contribution in [-0.2, 0) is 4.67 Å². The van der Waals surface area contributed by atoms with Gasteiger partial charge in [0.2, 0.25) is 8.38 Å². The molecule has 0 amide bonds. The zero-order valence-corrected chi connectivity index (χ0v) is 3.80. The summed E-state index contributed by atoms with van der Waals surface area (Å²) in [6.45, 7) is 0. The lowest BCUT2D eigenvalue weighted by atomic mass is 11.7. The SMILES string of the molecule is OCP(O)OO. The molecule has 6 heavy (non-hydrogen) atoms. The van der Waals surface area contributed by atoms with Gasteiger partial charge in [0, 0.05) is 0 Å². The second-order valence-electron chi connectivity index (χ2n) is 0.575. The molecule has 0 aliphatic carbocycles. The zero-order chi connectivity index (χ0) is 4.99. The fraction of sp³-hybridized carbons (Fsp3) is 1.00. The minimum absolute atomic E-state index is 0.522. The van der Waals surface area contributed by atoms with Crippen LogP contribution in [0.5, 0.6) is 0 Å². The highest BCUT2D eigenvalue weighted by molar-refractivity contribution is 7.45. The molecule has 0 aliphatic heterocycles. The zero-order valence-electron chi connectivity index (χ0n) is 2.90. The molecule has 0 saturated heterocycles. The van der Waals surface area contributed by atoms with Crippen molar-refractivity contribution in [1.82, 2.24) is 0 Å². The minimum atomic E-state index is -1.97. The normalized spacial score (nSPS) is 14.5. The van der Waals surface area contributed by atoms with Gasteiger partial charge in [-0.3, -0.25) is 0 Å². The van der Waals surface area contributed by atoms with E-state index in [9.17, 15) is 0 Å². The van der Waals surface area contributed by atoms with E-state index in [4.69, 9.17) is 15.3 Å². The van der Waals surface area contributed by atoms with E-state index in [2.05, 4.69) is 4.67 Å². The van der Waals surface area contributed by atoms with Gasteiger partial charge in [0.1, 0.15) is 6.35 Å². The third kappa shape index (κ3) is 2.50. The van der Waals surface area contributed by atoms with Crippen LogP contribution >= 0.6 is 8.38 Å². The lowest BCUT2D eigenvalue weighted by molar-refractivity contribution is -0.137. The number of aliphatic hydroxyl groups is 1. The van der Waals surface area contributed by atoms with E-state index in [1.54, 1.807) is 0 Å². The maximum absolute atomic E-state index is 8.01. The van der Waals surface area contributed by atoms with E-state index in [1.165, 1.54) is 0 Å². The van der Waals surface area contributed by atoms with Crippen molar-refractivity contribution in [3.63, 3.8) is 0 Å². The summed E-state index contributed by atoms with van der Waals surface area (Å²) in [5, 5.41) is 15.3. The van der Waals surface area contributed by atoms with E-state index in [0.29, 0.717) is 0 Å². The van der Waals surface area contributed by atoms with Crippen LogP contribution in [-0.4, -0.2) is 21.6 Å². The first kappa shape index (κ1) is 6.27. The summed E-state index contributed by atoms with van der Waals surface area (Å²) in [7, 11) is -1.97. The predicted octanol–water partition coefficient (Wildman–Crippen LogP) is -0.270. The predicted molar refractivity (Wildman–Crippen MR) is 19.9 cm³/mol. The largest absolute Gasteiger partial charge is 0.387 e. The molecule has 0 aromatic carbocycles. The van der Waals surface area contributed by atoms with E-state index in [0.717, 1.165) is 0 Å². The van der Waals surface area contributed by atoms with Crippen LogP contribution in [0.15, 0.2) is 0 Å². The summed E-state index contributed by atoms with van der Waals surface area (Å²) >= 11 is 0. The summed E-state index contributed by atoms with van der Waals surface area (Å²) in [4.78, 5) is 8.01. The van der Waals surface area contributed by atoms with Gasteiger partial charge in [-0.05, 0) is 0 Å². The third-order valence-corrected chi connectivity index (χ3v) is 0.646. The highest BCUT2D eigenvalue weighted by atomic mass is 31.2. The van der Waals surface area contributed by atoms with Gasteiger partial charge in [0.15, 0.2) is 0 Å². The third-order valence-electron chi connectivity index (χ3n) is 0.215. The Bertz CT molecular complexity index is 26.7. The van der Waals surface area contributed by atoms with Gasteiger partial charge < -0.3 is 10.00 Å². The van der Waals surface area contributed by atoms with Crippen molar-refractivity contribution in [3.8, 4) is 0 Å². The highest BCUT2D eigenvalue weighted by Crippen LogP contribution is 2.26. The van der Waals surface area contributed by atoms with Crippen molar-refractivity contribution >= 4 is 8.38 Å². The van der Waals surface area contributed by atoms with E-state index < -0.39 is 14.7 Å². The van der Waals surface area contributed by atoms with Crippen LogP contribution in [0, 0.1) is 0 Å². The molecule has 0 aliphatic rings. The van der Waals surface area contributed by atoms with Gasteiger partial charge in [0.25, 0.3) is 0 Å². The van der Waals surface area contributed by atoms with E-state index in [-0.39, 0.29) is 0 Å². The van der Waals surface area contributed by atoms with Gasteiger partial charge in [-0.1, -0.05) is 0 Å². The Morgan fingerprint density at radius 2 is 2.17 bits per heavy atom. The van der Waals surface area contributed by atoms with Crippen LogP contribution in [0.2, 0.25) is 0 Å². The molecule has 5 heteroatoms. The molecule has 1 atom stereocenters. The van der Waals surface area contributed by atoms with Crippen molar-refractivity contribution in [1.29, 1.82) is 0 Å². The van der Waals surface area contributed by atoms with Gasteiger partial charge in [-0.2, -0.15) is 4.67 Å². The molecule has 0 radical (unpaired) electrons. The topological polar surface area (TPSA) is 69.9 Å². The second-order valence-corrected chi connectivity index (χ2v) is 1.73. The standard InChI is InChI=1S/CH5O4P/c2-1-6(4)5-3/h2-4H,1H2. The second kappa shape index (κ2) is 3.46. The van der Waals surface area contributed by atoms with Crippen molar-refractivity contribution in [2.75, 3.05) is 6.35 Å². The molecule has 0 fully saturated rings. The molecule has 4 nitrogen and oxygen atoms in total. The van der Waals surface area contributed by atoms with Crippen LogP contribution in [0.1, 0.15) is 0 Å². The van der Waals surface area contributed by atoms with E-state index in [1.807, 2.05) is 0 Å². The summed E-state index contributed by atoms with van der Waals surface area (Å²) in [5.41, 5.74) is 0. The quantitative estimate of drug-likeness (QED) is 0.261. The first-order chi connectivity index (χ1) is 2.81. The van der Waals surface area contributed by atoms with Crippen LogP contribution in [0.4, 0.5) is 0 Å². The smallest absolute Gasteiger partial charge is 0.232 e. The Balaban J connectivity index is 2.75. The highest BCUT2D eigenvalue weighted by Gasteiger charge is 1.96. The Kier molecular flexibility index (Phi) is 3.62. The number of aliphatic hydroxyl groups excluding tert-OH is 1. The Hall–Kier alpha value is 0.270. The number of rotatable bonds is 2. The maximum Gasteiger partial charge on any atom is 0.232 e. The van der Waals surface area contributed by atoms with Gasteiger partial charge in [0.05, 0.1) is 0 Å². The average molecular weight is 112 g/mol. The maximum atomic E-state index is 8.01. The first-order valence-electron chi connectivity index (χ1n) is 1.20. The van der Waals surface area contributed by atoms with E-state index >= 15 is 0 Å². The minimum Gasteiger partial charge on any atom is -0.387 e. The van der Waals surface area contributed by atoms with Crippen molar-refractivity contribution in [2.45, 2.75) is 0 Å². The van der Waals surface area contributed by atoms with Crippen LogP contribution in [0.25, 0.3) is 0 Å². The fourth-order valence-corrected chi connectivity index (χ4v) is 0.0775. The number of hydrogen-bond acceptors (Lipinski definition) is 4. The first-order valence-corrected chi connectivity index (χ1v) is 2.60. The lowest BCUT2D eigenvalue weighted by Crippen LogP contribution is -1.80. The molecule has 0 rings (SSSR count). The summed E-state index contributed by atoms with van der Waals surface area (Å²) in [6, 6.07) is 0. The molecule has 1 unspecified atom stereocenters. The van der Waals surface area contributed by atoms with Crippen LogP contribution in [0.3, 0.4) is 0 Å². The summed E-state index contributed by atoms with van der Waals surface area (Å²) in [6.07, 6.45) is -0.522. The Morgan fingerprint density at radius 3 is 2.17 bits per heavy atom. The summed E-state index contributed by atoms with van der Waals surface area (Å²) < 4.78 is 3.27. The average Bonchev–Trinajstić information content (AvgIpc) is 1.65. The molecule has 38 valence electrons. The Morgan fingerprint density at radius 1 is 1.67 bits per heavy atom. The molecule has 3 N–H and O–H groups in total. The molecular formula is CH5O4P. The van der Waals surface area contributed by atoms with Crippen LogP contribution < -0.4 is 0 Å².